The molecule has 0 bridgehead atoms. The van der Waals surface area contributed by atoms with Gasteiger partial charge in [-0.25, -0.2) is 0 Å². The molecule has 0 saturated heterocycles. The van der Waals surface area contributed by atoms with Gasteiger partial charge < -0.3 is 5.32 Å². The van der Waals surface area contributed by atoms with Gasteiger partial charge in [0.2, 0.25) is 0 Å². The zero-order valence-electron chi connectivity index (χ0n) is 10.4. The zero-order valence-corrected chi connectivity index (χ0v) is 11.9. The first kappa shape index (κ1) is 13.7. The van der Waals surface area contributed by atoms with Crippen LogP contribution < -0.4 is 5.32 Å². The van der Waals surface area contributed by atoms with Crippen LogP contribution >= 0.6 is 23.2 Å². The van der Waals surface area contributed by atoms with E-state index in [2.05, 4.69) is 5.32 Å². The third kappa shape index (κ3) is 3.63. The molecule has 0 aromatic heterocycles. The van der Waals surface area contributed by atoms with Crippen molar-refractivity contribution in [1.82, 2.24) is 5.32 Å². The van der Waals surface area contributed by atoms with E-state index in [0.29, 0.717) is 10.6 Å². The zero-order chi connectivity index (χ0) is 13.1. The van der Waals surface area contributed by atoms with Gasteiger partial charge in [-0.15, -0.1) is 11.6 Å². The van der Waals surface area contributed by atoms with E-state index in [1.54, 1.807) is 6.07 Å². The van der Waals surface area contributed by atoms with Gasteiger partial charge in [0.05, 0.1) is 0 Å². The number of alkyl halides is 1. The third-order valence-electron chi connectivity index (χ3n) is 3.30. The average molecular weight is 286 g/mol. The van der Waals surface area contributed by atoms with E-state index in [9.17, 15) is 4.79 Å². The third-order valence-corrected chi connectivity index (χ3v) is 3.95. The highest BCUT2D eigenvalue weighted by atomic mass is 35.5. The molecule has 1 aliphatic carbocycles. The summed E-state index contributed by atoms with van der Waals surface area (Å²) >= 11 is 12.0. The summed E-state index contributed by atoms with van der Waals surface area (Å²) in [6, 6.07) is 5.65. The number of aryl methyl sites for hydroxylation is 1. The average Bonchev–Trinajstić information content (AvgIpc) is 2.31. The highest BCUT2D eigenvalue weighted by molar-refractivity contribution is 6.31. The molecule has 1 aromatic rings. The van der Waals surface area contributed by atoms with Crippen LogP contribution in [-0.2, 0) is 0 Å². The number of amides is 1. The van der Waals surface area contributed by atoms with E-state index >= 15 is 0 Å². The molecule has 0 aliphatic heterocycles. The minimum absolute atomic E-state index is 0.0429. The molecular formula is C14H17Cl2NO. The van der Waals surface area contributed by atoms with Gasteiger partial charge in [-0.05, 0) is 56.4 Å². The number of hydrogen-bond acceptors (Lipinski definition) is 1. The predicted molar refractivity (Wildman–Crippen MR) is 75.6 cm³/mol. The molecule has 1 N–H and O–H groups in total. The van der Waals surface area contributed by atoms with Crippen LogP contribution in [-0.4, -0.2) is 17.3 Å². The Morgan fingerprint density at radius 1 is 1.22 bits per heavy atom. The van der Waals surface area contributed by atoms with Gasteiger partial charge in [0.25, 0.3) is 5.91 Å². The maximum Gasteiger partial charge on any atom is 0.251 e. The van der Waals surface area contributed by atoms with Crippen molar-refractivity contribution in [3.8, 4) is 0 Å². The van der Waals surface area contributed by atoms with E-state index in [1.165, 1.54) is 0 Å². The molecule has 4 heteroatoms. The number of carbonyl (C=O) groups excluding carboxylic acids is 1. The predicted octanol–water partition coefficient (Wildman–Crippen LogP) is 3.93. The van der Waals surface area contributed by atoms with E-state index in [0.717, 1.165) is 31.2 Å². The van der Waals surface area contributed by atoms with Crippen molar-refractivity contribution in [2.45, 2.75) is 44.0 Å². The lowest BCUT2D eigenvalue weighted by Crippen LogP contribution is -2.37. The summed E-state index contributed by atoms with van der Waals surface area (Å²) in [5.74, 6) is -0.0429. The Hall–Kier alpha value is -0.730. The normalized spacial score (nSPS) is 23.7. The summed E-state index contributed by atoms with van der Waals surface area (Å²) in [6.07, 6.45) is 3.86. The van der Waals surface area contributed by atoms with Crippen molar-refractivity contribution < 1.29 is 4.79 Å². The lowest BCUT2D eigenvalue weighted by Gasteiger charge is -2.25. The van der Waals surface area contributed by atoms with E-state index < -0.39 is 0 Å². The second kappa shape index (κ2) is 5.94. The molecule has 0 radical (unpaired) electrons. The van der Waals surface area contributed by atoms with Crippen molar-refractivity contribution in [3.63, 3.8) is 0 Å². The highest BCUT2D eigenvalue weighted by Gasteiger charge is 2.21. The quantitative estimate of drug-likeness (QED) is 0.820. The summed E-state index contributed by atoms with van der Waals surface area (Å²) in [6.45, 7) is 1.93. The first-order chi connectivity index (χ1) is 8.54. The van der Waals surface area contributed by atoms with Gasteiger partial charge in [-0.2, -0.15) is 0 Å². The Bertz CT molecular complexity index is 419. The Kier molecular flexibility index (Phi) is 4.52. The second-order valence-electron chi connectivity index (χ2n) is 4.94. The van der Waals surface area contributed by atoms with Crippen molar-refractivity contribution in [3.05, 3.63) is 34.3 Å². The fourth-order valence-electron chi connectivity index (χ4n) is 2.33. The van der Waals surface area contributed by atoms with Crippen molar-refractivity contribution >= 4 is 29.1 Å². The standard InChI is InChI=1S/C14H17Cl2NO/c1-9-6-10(8-12(16)7-9)14(18)17-13-4-2-11(15)3-5-13/h6-8,11,13H,2-5H2,1H3,(H,17,18). The fourth-order valence-corrected chi connectivity index (χ4v) is 2.87. The molecule has 0 atom stereocenters. The smallest absolute Gasteiger partial charge is 0.251 e. The van der Waals surface area contributed by atoms with Gasteiger partial charge in [-0.1, -0.05) is 11.6 Å². The Morgan fingerprint density at radius 2 is 1.89 bits per heavy atom. The monoisotopic (exact) mass is 285 g/mol. The molecule has 18 heavy (non-hydrogen) atoms. The minimum atomic E-state index is -0.0429. The van der Waals surface area contributed by atoms with E-state index in [-0.39, 0.29) is 17.3 Å². The molecule has 0 heterocycles. The summed E-state index contributed by atoms with van der Waals surface area (Å²) in [5.41, 5.74) is 1.63. The topological polar surface area (TPSA) is 29.1 Å². The molecule has 98 valence electrons. The van der Waals surface area contributed by atoms with Crippen molar-refractivity contribution in [2.75, 3.05) is 0 Å². The molecule has 1 aromatic carbocycles. The summed E-state index contributed by atoms with van der Waals surface area (Å²) in [7, 11) is 0. The first-order valence-electron chi connectivity index (χ1n) is 6.27. The van der Waals surface area contributed by atoms with Crippen molar-refractivity contribution in [2.24, 2.45) is 0 Å². The molecular weight excluding hydrogens is 269 g/mol. The molecule has 1 fully saturated rings. The number of rotatable bonds is 2. The number of carbonyl (C=O) groups is 1. The van der Waals surface area contributed by atoms with Gasteiger partial charge >= 0.3 is 0 Å². The second-order valence-corrected chi connectivity index (χ2v) is 5.99. The van der Waals surface area contributed by atoms with Crippen LogP contribution in [0.25, 0.3) is 0 Å². The first-order valence-corrected chi connectivity index (χ1v) is 7.08. The molecule has 1 saturated carbocycles. The molecule has 0 spiro atoms. The molecule has 0 unspecified atom stereocenters. The van der Waals surface area contributed by atoms with E-state index in [4.69, 9.17) is 23.2 Å². The number of hydrogen-bond donors (Lipinski definition) is 1. The van der Waals surface area contributed by atoms with Crippen LogP contribution in [0.3, 0.4) is 0 Å². The van der Waals surface area contributed by atoms with Crippen LogP contribution in [0.4, 0.5) is 0 Å². The van der Waals surface area contributed by atoms with Gasteiger partial charge in [0.1, 0.15) is 0 Å². The van der Waals surface area contributed by atoms with Crippen LogP contribution in [0, 0.1) is 6.92 Å². The molecule has 1 aliphatic rings. The van der Waals surface area contributed by atoms with Gasteiger partial charge in [0.15, 0.2) is 0 Å². The van der Waals surface area contributed by atoms with E-state index in [1.807, 2.05) is 19.1 Å². The Morgan fingerprint density at radius 3 is 2.50 bits per heavy atom. The SMILES string of the molecule is Cc1cc(Cl)cc(C(=O)NC2CCC(Cl)CC2)c1. The number of halogens is 2. The maximum absolute atomic E-state index is 12.1. The van der Waals surface area contributed by atoms with Crippen LogP contribution in [0.5, 0.6) is 0 Å². The minimum Gasteiger partial charge on any atom is -0.349 e. The lowest BCUT2D eigenvalue weighted by atomic mass is 9.95. The number of benzene rings is 1. The van der Waals surface area contributed by atoms with Crippen molar-refractivity contribution in [1.29, 1.82) is 0 Å². The summed E-state index contributed by atoms with van der Waals surface area (Å²) in [4.78, 5) is 12.1. The maximum atomic E-state index is 12.1. The molecule has 2 rings (SSSR count). The van der Waals surface area contributed by atoms with Gasteiger partial charge in [0, 0.05) is 22.0 Å². The summed E-state index contributed by atoms with van der Waals surface area (Å²) in [5, 5.41) is 3.93. The van der Waals surface area contributed by atoms with Gasteiger partial charge in [-0.3, -0.25) is 4.79 Å². The molecule has 2 nitrogen and oxygen atoms in total. The lowest BCUT2D eigenvalue weighted by molar-refractivity contribution is 0.0928. The summed E-state index contributed by atoms with van der Waals surface area (Å²) < 4.78 is 0. The fraction of sp³-hybridized carbons (Fsp3) is 0.500. The highest BCUT2D eigenvalue weighted by Crippen LogP contribution is 2.23. The van der Waals surface area contributed by atoms with Crippen LogP contribution in [0.1, 0.15) is 41.6 Å². The van der Waals surface area contributed by atoms with Crippen LogP contribution in [0.2, 0.25) is 5.02 Å². The molecule has 1 amide bonds. The number of nitrogens with one attached hydrogen (secondary N) is 1. The Balaban J connectivity index is 1.99. The largest absolute Gasteiger partial charge is 0.349 e. The van der Waals surface area contributed by atoms with Crippen LogP contribution in [0.15, 0.2) is 18.2 Å². The Labute approximate surface area is 118 Å².